The first-order chi connectivity index (χ1) is 10.2. The topological polar surface area (TPSA) is 33.5 Å². The molecule has 108 valence electrons. The lowest BCUT2D eigenvalue weighted by molar-refractivity contribution is 0.0736. The lowest BCUT2D eigenvalue weighted by Crippen LogP contribution is -2.29. The molecule has 3 aromatic heterocycles. The van der Waals surface area contributed by atoms with E-state index in [1.807, 2.05) is 23.6 Å². The Morgan fingerprint density at radius 1 is 1.24 bits per heavy atom. The molecule has 3 rings (SSSR count). The molecule has 0 aromatic carbocycles. The molecule has 0 N–H and O–H groups in total. The quantitative estimate of drug-likeness (QED) is 0.663. The number of thiophene rings is 2. The molecule has 0 aliphatic rings. The Labute approximate surface area is 135 Å². The number of carbonyl (C=O) groups is 1. The number of carbonyl (C=O) groups excluding carboxylic acids is 1. The minimum absolute atomic E-state index is 0.0125. The maximum atomic E-state index is 12.7. The van der Waals surface area contributed by atoms with Crippen LogP contribution >= 0.6 is 34.3 Å². The van der Waals surface area contributed by atoms with E-state index >= 15 is 0 Å². The van der Waals surface area contributed by atoms with Crippen molar-refractivity contribution in [3.8, 4) is 0 Å². The van der Waals surface area contributed by atoms with Crippen molar-refractivity contribution < 1.29 is 9.21 Å². The Hall–Kier alpha value is -1.56. The van der Waals surface area contributed by atoms with Crippen LogP contribution in [-0.4, -0.2) is 10.8 Å². The van der Waals surface area contributed by atoms with Gasteiger partial charge in [-0.05, 0) is 29.6 Å². The maximum Gasteiger partial charge on any atom is 0.264 e. The van der Waals surface area contributed by atoms with Crippen LogP contribution in [-0.2, 0) is 13.1 Å². The number of hydrogen-bond acceptors (Lipinski definition) is 4. The Kier molecular flexibility index (Phi) is 4.43. The van der Waals surface area contributed by atoms with Gasteiger partial charge in [-0.25, -0.2) is 0 Å². The fourth-order valence-electron chi connectivity index (χ4n) is 1.98. The molecular weight excluding hydrogens is 326 g/mol. The van der Waals surface area contributed by atoms with Crippen LogP contribution < -0.4 is 0 Å². The van der Waals surface area contributed by atoms with Gasteiger partial charge in [0, 0.05) is 17.0 Å². The van der Waals surface area contributed by atoms with E-state index in [9.17, 15) is 4.79 Å². The minimum atomic E-state index is -0.0125. The highest BCUT2D eigenvalue weighted by atomic mass is 35.5. The SMILES string of the molecule is O=C(c1ccc(Cl)s1)N(Cc1ccoc1)Cc1cccs1. The van der Waals surface area contributed by atoms with Gasteiger partial charge in [0.1, 0.15) is 0 Å². The van der Waals surface area contributed by atoms with Gasteiger partial charge in [0.2, 0.25) is 0 Å². The third kappa shape index (κ3) is 3.56. The standard InChI is InChI=1S/C15H12ClNO2S2/c16-14-4-3-13(21-14)15(18)17(8-11-5-6-19-10-11)9-12-2-1-7-20-12/h1-7,10H,8-9H2. The van der Waals surface area contributed by atoms with E-state index in [1.54, 1.807) is 40.9 Å². The van der Waals surface area contributed by atoms with E-state index in [1.165, 1.54) is 11.3 Å². The first kappa shape index (κ1) is 14.4. The summed E-state index contributed by atoms with van der Waals surface area (Å²) in [5.41, 5.74) is 0.975. The average Bonchev–Trinajstić information content (AvgIpc) is 3.19. The second-order valence-corrected chi connectivity index (χ2v) is 7.22. The van der Waals surface area contributed by atoms with Gasteiger partial charge in [-0.1, -0.05) is 17.7 Å². The fourth-order valence-corrected chi connectivity index (χ4v) is 3.71. The number of amides is 1. The molecule has 0 fully saturated rings. The van der Waals surface area contributed by atoms with Gasteiger partial charge in [-0.15, -0.1) is 22.7 Å². The predicted octanol–water partition coefficient (Wildman–Crippen LogP) is 4.90. The molecule has 0 unspecified atom stereocenters. The molecule has 0 bridgehead atoms. The molecule has 0 spiro atoms. The monoisotopic (exact) mass is 337 g/mol. The second kappa shape index (κ2) is 6.47. The average molecular weight is 338 g/mol. The normalized spacial score (nSPS) is 10.7. The number of rotatable bonds is 5. The van der Waals surface area contributed by atoms with Gasteiger partial charge >= 0.3 is 0 Å². The molecule has 3 heterocycles. The van der Waals surface area contributed by atoms with Crippen LogP contribution in [0.4, 0.5) is 0 Å². The zero-order chi connectivity index (χ0) is 14.7. The van der Waals surface area contributed by atoms with Crippen LogP contribution in [0.3, 0.4) is 0 Å². The summed E-state index contributed by atoms with van der Waals surface area (Å²) in [6.07, 6.45) is 3.28. The molecule has 0 saturated heterocycles. The van der Waals surface area contributed by atoms with Gasteiger partial charge in [0.05, 0.1) is 28.3 Å². The van der Waals surface area contributed by atoms with Crippen molar-refractivity contribution in [2.75, 3.05) is 0 Å². The van der Waals surface area contributed by atoms with E-state index in [2.05, 4.69) is 0 Å². The second-order valence-electron chi connectivity index (χ2n) is 4.48. The number of nitrogens with zero attached hydrogens (tertiary/aromatic N) is 1. The summed E-state index contributed by atoms with van der Waals surface area (Å²) in [7, 11) is 0. The summed E-state index contributed by atoms with van der Waals surface area (Å²) in [4.78, 5) is 16.3. The molecule has 0 atom stereocenters. The van der Waals surface area contributed by atoms with Gasteiger partial charge in [-0.3, -0.25) is 4.79 Å². The highest BCUT2D eigenvalue weighted by Gasteiger charge is 2.19. The van der Waals surface area contributed by atoms with Crippen LogP contribution in [0.15, 0.2) is 52.7 Å². The summed E-state index contributed by atoms with van der Waals surface area (Å²) >= 11 is 8.87. The Bertz CT molecular complexity index is 668. The van der Waals surface area contributed by atoms with Crippen LogP contribution in [0, 0.1) is 0 Å². The zero-order valence-electron chi connectivity index (χ0n) is 11.0. The van der Waals surface area contributed by atoms with E-state index in [0.717, 1.165) is 10.4 Å². The number of hydrogen-bond donors (Lipinski definition) is 0. The van der Waals surface area contributed by atoms with Gasteiger partial charge in [0.15, 0.2) is 0 Å². The number of furan rings is 1. The summed E-state index contributed by atoms with van der Waals surface area (Å²) in [6, 6.07) is 9.41. The van der Waals surface area contributed by atoms with Crippen molar-refractivity contribution in [2.24, 2.45) is 0 Å². The molecule has 0 saturated carbocycles. The third-order valence-electron chi connectivity index (χ3n) is 2.95. The minimum Gasteiger partial charge on any atom is -0.472 e. The van der Waals surface area contributed by atoms with Crippen LogP contribution in [0.1, 0.15) is 20.1 Å². The van der Waals surface area contributed by atoms with Crippen molar-refractivity contribution in [3.05, 3.63) is 67.9 Å². The van der Waals surface area contributed by atoms with Crippen molar-refractivity contribution in [2.45, 2.75) is 13.1 Å². The van der Waals surface area contributed by atoms with E-state index in [-0.39, 0.29) is 5.91 Å². The summed E-state index contributed by atoms with van der Waals surface area (Å²) in [5, 5.41) is 2.01. The largest absolute Gasteiger partial charge is 0.472 e. The Morgan fingerprint density at radius 3 is 2.76 bits per heavy atom. The molecule has 6 heteroatoms. The lowest BCUT2D eigenvalue weighted by atomic mass is 10.2. The van der Waals surface area contributed by atoms with Gasteiger partial charge in [0.25, 0.3) is 5.91 Å². The van der Waals surface area contributed by atoms with Gasteiger partial charge in [-0.2, -0.15) is 0 Å². The molecule has 21 heavy (non-hydrogen) atoms. The smallest absolute Gasteiger partial charge is 0.264 e. The molecular formula is C15H12ClNO2S2. The summed E-state index contributed by atoms with van der Waals surface area (Å²) in [6.45, 7) is 1.10. The molecule has 0 radical (unpaired) electrons. The van der Waals surface area contributed by atoms with E-state index < -0.39 is 0 Å². The van der Waals surface area contributed by atoms with Crippen LogP contribution in [0.25, 0.3) is 0 Å². The fraction of sp³-hybridized carbons (Fsp3) is 0.133. The van der Waals surface area contributed by atoms with Crippen LogP contribution in [0.2, 0.25) is 4.34 Å². The van der Waals surface area contributed by atoms with Gasteiger partial charge < -0.3 is 9.32 Å². The molecule has 0 aliphatic carbocycles. The van der Waals surface area contributed by atoms with E-state index in [0.29, 0.717) is 22.3 Å². The Balaban J connectivity index is 1.82. The predicted molar refractivity (Wildman–Crippen MR) is 85.9 cm³/mol. The first-order valence-electron chi connectivity index (χ1n) is 6.30. The van der Waals surface area contributed by atoms with E-state index in [4.69, 9.17) is 16.0 Å². The zero-order valence-corrected chi connectivity index (χ0v) is 13.4. The van der Waals surface area contributed by atoms with Crippen molar-refractivity contribution in [1.82, 2.24) is 4.90 Å². The first-order valence-corrected chi connectivity index (χ1v) is 8.38. The highest BCUT2D eigenvalue weighted by Crippen LogP contribution is 2.25. The maximum absolute atomic E-state index is 12.7. The summed E-state index contributed by atoms with van der Waals surface area (Å²) < 4.78 is 5.71. The molecule has 3 nitrogen and oxygen atoms in total. The van der Waals surface area contributed by atoms with Crippen molar-refractivity contribution in [1.29, 1.82) is 0 Å². The summed E-state index contributed by atoms with van der Waals surface area (Å²) in [5.74, 6) is -0.0125. The lowest BCUT2D eigenvalue weighted by Gasteiger charge is -2.20. The van der Waals surface area contributed by atoms with Crippen molar-refractivity contribution in [3.63, 3.8) is 0 Å². The molecule has 3 aromatic rings. The van der Waals surface area contributed by atoms with Crippen molar-refractivity contribution >= 4 is 40.2 Å². The number of halogens is 1. The van der Waals surface area contributed by atoms with Crippen LogP contribution in [0.5, 0.6) is 0 Å². The molecule has 1 amide bonds. The molecule has 0 aliphatic heterocycles. The third-order valence-corrected chi connectivity index (χ3v) is 5.03. The highest BCUT2D eigenvalue weighted by molar-refractivity contribution is 7.18. The Morgan fingerprint density at radius 2 is 2.14 bits per heavy atom.